The van der Waals surface area contributed by atoms with E-state index in [2.05, 4.69) is 13.8 Å². The minimum atomic E-state index is -0.531. The Morgan fingerprint density at radius 3 is 2.35 bits per heavy atom. The lowest BCUT2D eigenvalue weighted by Gasteiger charge is -2.17. The van der Waals surface area contributed by atoms with Crippen molar-refractivity contribution >= 4 is 11.6 Å². The summed E-state index contributed by atoms with van der Waals surface area (Å²) in [4.78, 5) is 0. The van der Waals surface area contributed by atoms with E-state index in [0.29, 0.717) is 6.42 Å². The van der Waals surface area contributed by atoms with Crippen LogP contribution in [0.15, 0.2) is 0 Å². The van der Waals surface area contributed by atoms with Gasteiger partial charge in [-0.25, -0.2) is 0 Å². The van der Waals surface area contributed by atoms with E-state index in [1.165, 1.54) is 0 Å². The van der Waals surface area contributed by atoms with E-state index in [4.69, 9.17) is 21.1 Å². The van der Waals surface area contributed by atoms with Gasteiger partial charge in [0.2, 0.25) is 0 Å². The molecular formula is C16H19ClO3. The van der Waals surface area contributed by atoms with E-state index in [-0.39, 0.29) is 12.2 Å². The molecule has 1 N–H and O–H groups in total. The van der Waals surface area contributed by atoms with E-state index in [9.17, 15) is 5.11 Å². The van der Waals surface area contributed by atoms with Crippen molar-refractivity contribution in [3.63, 3.8) is 0 Å². The van der Waals surface area contributed by atoms with Gasteiger partial charge in [-0.2, -0.15) is 0 Å². The number of aliphatic hydroxyl groups is 1. The summed E-state index contributed by atoms with van der Waals surface area (Å²) in [5.41, 5.74) is 2.81. The summed E-state index contributed by atoms with van der Waals surface area (Å²) in [7, 11) is 0. The van der Waals surface area contributed by atoms with Crippen LogP contribution in [0.1, 0.15) is 43.4 Å². The fourth-order valence-electron chi connectivity index (χ4n) is 3.39. The second-order valence-corrected chi connectivity index (χ2v) is 6.95. The minimum absolute atomic E-state index is 0.148. The summed E-state index contributed by atoms with van der Waals surface area (Å²) in [5.74, 6) is 1.74. The quantitative estimate of drug-likeness (QED) is 0.911. The molecule has 20 heavy (non-hydrogen) atoms. The highest BCUT2D eigenvalue weighted by Crippen LogP contribution is 2.52. The number of ether oxygens (including phenoxy) is 2. The second kappa shape index (κ2) is 4.05. The molecule has 0 spiro atoms. The Morgan fingerprint density at radius 1 is 1.10 bits per heavy atom. The molecule has 1 aliphatic carbocycles. The van der Waals surface area contributed by atoms with Gasteiger partial charge in [0.1, 0.15) is 23.7 Å². The summed E-state index contributed by atoms with van der Waals surface area (Å²) in [6, 6.07) is 0. The van der Waals surface area contributed by atoms with Crippen LogP contribution in [0.2, 0.25) is 5.02 Å². The smallest absolute Gasteiger partial charge is 0.142 e. The van der Waals surface area contributed by atoms with E-state index in [0.717, 1.165) is 58.9 Å². The van der Waals surface area contributed by atoms with Crippen molar-refractivity contribution in [1.82, 2.24) is 0 Å². The van der Waals surface area contributed by atoms with E-state index in [1.807, 2.05) is 0 Å². The first-order chi connectivity index (χ1) is 9.47. The van der Waals surface area contributed by atoms with Crippen molar-refractivity contribution in [2.45, 2.75) is 63.8 Å². The Hall–Kier alpha value is -0.930. The molecule has 1 saturated carbocycles. The molecule has 2 unspecified atom stereocenters. The molecule has 2 atom stereocenters. The topological polar surface area (TPSA) is 38.7 Å². The molecule has 0 bridgehead atoms. The maximum absolute atomic E-state index is 10.3. The highest BCUT2D eigenvalue weighted by atomic mass is 35.5. The van der Waals surface area contributed by atoms with Gasteiger partial charge < -0.3 is 14.6 Å². The van der Waals surface area contributed by atoms with Crippen LogP contribution in [0.25, 0.3) is 0 Å². The summed E-state index contributed by atoms with van der Waals surface area (Å²) in [6.45, 7) is 4.11. The number of benzene rings is 1. The maximum atomic E-state index is 10.3. The van der Waals surface area contributed by atoms with Gasteiger partial charge in [-0.15, -0.1) is 0 Å². The van der Waals surface area contributed by atoms with Gasteiger partial charge in [-0.05, 0) is 26.7 Å². The summed E-state index contributed by atoms with van der Waals surface area (Å²) < 4.78 is 11.9. The normalized spacial score (nSPS) is 28.6. The van der Waals surface area contributed by atoms with E-state index >= 15 is 0 Å². The van der Waals surface area contributed by atoms with Gasteiger partial charge in [-0.3, -0.25) is 0 Å². The van der Waals surface area contributed by atoms with Gasteiger partial charge in [0.25, 0.3) is 0 Å². The zero-order valence-corrected chi connectivity index (χ0v) is 12.6. The third kappa shape index (κ3) is 1.83. The van der Waals surface area contributed by atoms with Crippen LogP contribution in [0.4, 0.5) is 0 Å². The first kappa shape index (κ1) is 12.8. The number of hydrogen-bond donors (Lipinski definition) is 1. The minimum Gasteiger partial charge on any atom is -0.490 e. The molecule has 0 amide bonds. The fraction of sp³-hybridized carbons (Fsp3) is 0.625. The Kier molecular flexibility index (Phi) is 2.59. The molecule has 0 radical (unpaired) electrons. The van der Waals surface area contributed by atoms with Crippen molar-refractivity contribution in [1.29, 1.82) is 0 Å². The third-order valence-electron chi connectivity index (χ3n) is 4.61. The van der Waals surface area contributed by atoms with Crippen molar-refractivity contribution in [3.05, 3.63) is 21.7 Å². The number of hydrogen-bond acceptors (Lipinski definition) is 3. The molecule has 0 saturated heterocycles. The molecule has 4 heteroatoms. The van der Waals surface area contributed by atoms with Crippen molar-refractivity contribution in [2.75, 3.05) is 0 Å². The Balaban J connectivity index is 1.88. The summed E-state index contributed by atoms with van der Waals surface area (Å²) in [6.07, 6.45) is 4.40. The molecule has 3 aliphatic rings. The molecule has 2 heterocycles. The molecule has 4 rings (SSSR count). The summed E-state index contributed by atoms with van der Waals surface area (Å²) >= 11 is 6.52. The van der Waals surface area contributed by atoms with Gasteiger partial charge in [0.05, 0.1) is 10.6 Å². The van der Waals surface area contributed by atoms with Crippen molar-refractivity contribution < 1.29 is 14.6 Å². The van der Waals surface area contributed by atoms with Crippen molar-refractivity contribution in [2.24, 2.45) is 0 Å². The lowest BCUT2D eigenvalue weighted by atomic mass is 9.93. The fourth-order valence-corrected chi connectivity index (χ4v) is 3.71. The number of rotatable bonds is 2. The molecule has 108 valence electrons. The largest absolute Gasteiger partial charge is 0.490 e. The zero-order valence-electron chi connectivity index (χ0n) is 11.8. The predicted molar refractivity (Wildman–Crippen MR) is 76.9 cm³/mol. The molecular weight excluding hydrogens is 276 g/mol. The highest BCUT2D eigenvalue weighted by Gasteiger charge is 2.44. The van der Waals surface area contributed by atoms with Crippen LogP contribution in [0.3, 0.4) is 0 Å². The van der Waals surface area contributed by atoms with Crippen molar-refractivity contribution in [3.8, 4) is 11.5 Å². The van der Waals surface area contributed by atoms with Crippen LogP contribution in [-0.2, 0) is 19.3 Å². The number of halogens is 1. The van der Waals surface area contributed by atoms with Crippen LogP contribution < -0.4 is 9.47 Å². The molecule has 1 fully saturated rings. The lowest BCUT2D eigenvalue weighted by molar-refractivity contribution is 0.148. The van der Waals surface area contributed by atoms with Crippen LogP contribution in [-0.4, -0.2) is 22.9 Å². The highest BCUT2D eigenvalue weighted by molar-refractivity contribution is 6.33. The molecule has 1 aromatic carbocycles. The van der Waals surface area contributed by atoms with E-state index in [1.54, 1.807) is 0 Å². The maximum Gasteiger partial charge on any atom is 0.142 e. The Morgan fingerprint density at radius 2 is 1.70 bits per heavy atom. The second-order valence-electron chi connectivity index (χ2n) is 6.57. The molecule has 1 aromatic rings. The Labute approximate surface area is 123 Å². The van der Waals surface area contributed by atoms with Gasteiger partial charge in [0.15, 0.2) is 0 Å². The first-order valence-corrected chi connectivity index (χ1v) is 7.76. The van der Waals surface area contributed by atoms with Crippen LogP contribution >= 0.6 is 11.6 Å². The summed E-state index contributed by atoms with van der Waals surface area (Å²) in [5, 5.41) is 11.0. The standard InChI is InChI=1S/C16H19ClO3/c1-8-5-10-12(7-16(18)3-4-16)14-11(6-9(2)19-14)13(17)15(10)20-8/h8-9,18H,3-7H2,1-2H3. The SMILES string of the molecule is CC1Cc2c(CC3(O)CC3)c3c(c(Cl)c2O1)CC(C)O3. The monoisotopic (exact) mass is 294 g/mol. The van der Waals surface area contributed by atoms with Gasteiger partial charge >= 0.3 is 0 Å². The molecule has 3 nitrogen and oxygen atoms in total. The van der Waals surface area contributed by atoms with Crippen LogP contribution in [0.5, 0.6) is 11.5 Å². The van der Waals surface area contributed by atoms with E-state index < -0.39 is 5.60 Å². The number of fused-ring (bicyclic) bond motifs is 2. The van der Waals surface area contributed by atoms with Gasteiger partial charge in [0, 0.05) is 36.0 Å². The van der Waals surface area contributed by atoms with Crippen LogP contribution in [0, 0.1) is 0 Å². The van der Waals surface area contributed by atoms with Gasteiger partial charge in [-0.1, -0.05) is 11.6 Å². The lowest BCUT2D eigenvalue weighted by Crippen LogP contribution is -2.14. The third-order valence-corrected chi connectivity index (χ3v) is 5.00. The average molecular weight is 295 g/mol. The average Bonchev–Trinajstić information content (AvgIpc) is 2.82. The first-order valence-electron chi connectivity index (χ1n) is 7.38. The molecule has 0 aromatic heterocycles. The predicted octanol–water partition coefficient (Wildman–Crippen LogP) is 3.05. The zero-order chi connectivity index (χ0) is 14.1. The molecule has 2 aliphatic heterocycles. The Bertz CT molecular complexity index is 553.